The number of hydrogen-bond donors (Lipinski definition) is 0. The first-order valence-corrected chi connectivity index (χ1v) is 7.41. The summed E-state index contributed by atoms with van der Waals surface area (Å²) in [6, 6.07) is 6.70. The van der Waals surface area contributed by atoms with Crippen LogP contribution in [0.4, 0.5) is 0 Å². The van der Waals surface area contributed by atoms with E-state index in [2.05, 4.69) is 9.97 Å². The molecule has 2 aromatic rings. The van der Waals surface area contributed by atoms with Gasteiger partial charge in [0.1, 0.15) is 0 Å². The van der Waals surface area contributed by atoms with Gasteiger partial charge in [-0.3, -0.25) is 9.97 Å². The lowest BCUT2D eigenvalue weighted by atomic mass is 10.2. The molecule has 6 heteroatoms. The first-order valence-electron chi connectivity index (χ1n) is 7.41. The molecule has 0 bridgehead atoms. The molecule has 6 nitrogen and oxygen atoms in total. The fourth-order valence-electron chi connectivity index (χ4n) is 1.84. The summed E-state index contributed by atoms with van der Waals surface area (Å²) >= 11 is 0. The van der Waals surface area contributed by atoms with Crippen molar-refractivity contribution in [2.75, 3.05) is 13.2 Å². The lowest BCUT2D eigenvalue weighted by Gasteiger charge is -2.06. The van der Waals surface area contributed by atoms with E-state index in [-0.39, 0.29) is 11.9 Å². The molecule has 0 atom stereocenters. The number of rotatable bonds is 8. The Morgan fingerprint density at radius 2 is 1.26 bits per heavy atom. The molecule has 0 aliphatic heterocycles. The van der Waals surface area contributed by atoms with Gasteiger partial charge in [-0.15, -0.1) is 0 Å². The Balaban J connectivity index is 1.53. The molecule has 2 heterocycles. The van der Waals surface area contributed by atoms with Gasteiger partial charge in [0.15, 0.2) is 0 Å². The highest BCUT2D eigenvalue weighted by Gasteiger charge is 2.07. The van der Waals surface area contributed by atoms with E-state index in [9.17, 15) is 9.59 Å². The van der Waals surface area contributed by atoms with Gasteiger partial charge in [0.05, 0.1) is 24.3 Å². The largest absolute Gasteiger partial charge is 0.462 e. The van der Waals surface area contributed by atoms with E-state index < -0.39 is 0 Å². The van der Waals surface area contributed by atoms with Crippen molar-refractivity contribution >= 4 is 11.9 Å². The predicted molar refractivity (Wildman–Crippen MR) is 82.9 cm³/mol. The number of esters is 2. The number of unbranched alkanes of at least 4 members (excludes halogenated alkanes) is 2. The van der Waals surface area contributed by atoms with Gasteiger partial charge in [-0.2, -0.15) is 0 Å². The normalized spacial score (nSPS) is 10.1. The first kappa shape index (κ1) is 16.6. The summed E-state index contributed by atoms with van der Waals surface area (Å²) < 4.78 is 10.3. The van der Waals surface area contributed by atoms with Gasteiger partial charge in [-0.05, 0) is 43.5 Å². The Labute approximate surface area is 134 Å². The average Bonchev–Trinajstić information content (AvgIpc) is 2.62. The number of nitrogens with zero attached hydrogens (tertiary/aromatic N) is 2. The Morgan fingerprint density at radius 1 is 0.783 bits per heavy atom. The third kappa shape index (κ3) is 5.86. The summed E-state index contributed by atoms with van der Waals surface area (Å²) in [5, 5.41) is 0. The van der Waals surface area contributed by atoms with Crippen molar-refractivity contribution in [1.82, 2.24) is 9.97 Å². The lowest BCUT2D eigenvalue weighted by molar-refractivity contribution is 0.0477. The zero-order valence-electron chi connectivity index (χ0n) is 12.7. The van der Waals surface area contributed by atoms with Crippen LogP contribution in [0.15, 0.2) is 49.1 Å². The Bertz CT molecular complexity index is 562. The van der Waals surface area contributed by atoms with Crippen LogP contribution in [0.1, 0.15) is 40.0 Å². The monoisotopic (exact) mass is 314 g/mol. The van der Waals surface area contributed by atoms with Crippen molar-refractivity contribution in [3.05, 3.63) is 60.2 Å². The van der Waals surface area contributed by atoms with Crippen LogP contribution in [0.5, 0.6) is 0 Å². The van der Waals surface area contributed by atoms with Crippen molar-refractivity contribution in [3.63, 3.8) is 0 Å². The number of ether oxygens (including phenoxy) is 2. The fourth-order valence-corrected chi connectivity index (χ4v) is 1.84. The third-order valence-electron chi connectivity index (χ3n) is 3.05. The van der Waals surface area contributed by atoms with Crippen molar-refractivity contribution in [2.45, 2.75) is 19.3 Å². The topological polar surface area (TPSA) is 78.4 Å². The molecule has 23 heavy (non-hydrogen) atoms. The number of carbonyl (C=O) groups is 2. The van der Waals surface area contributed by atoms with Crippen LogP contribution in [0.2, 0.25) is 0 Å². The molecule has 0 saturated carbocycles. The molecule has 0 aromatic carbocycles. The minimum atomic E-state index is -0.374. The SMILES string of the molecule is O=C(OCCCCCOC(=O)c1cccnc1)c1cccnc1. The predicted octanol–water partition coefficient (Wildman–Crippen LogP) is 2.66. The van der Waals surface area contributed by atoms with Crippen LogP contribution in [-0.4, -0.2) is 35.1 Å². The second kappa shape index (κ2) is 9.30. The molecule has 0 amide bonds. The van der Waals surface area contributed by atoms with Gasteiger partial charge in [0.2, 0.25) is 0 Å². The van der Waals surface area contributed by atoms with E-state index >= 15 is 0 Å². The molecule has 0 radical (unpaired) electrons. The van der Waals surface area contributed by atoms with Gasteiger partial charge in [-0.1, -0.05) is 0 Å². The molecular formula is C17H18N2O4. The van der Waals surface area contributed by atoms with E-state index in [0.29, 0.717) is 24.3 Å². The highest BCUT2D eigenvalue weighted by atomic mass is 16.5. The molecule has 0 aliphatic rings. The molecule has 2 rings (SSSR count). The number of pyridine rings is 2. The summed E-state index contributed by atoms with van der Waals surface area (Å²) in [6.07, 6.45) is 8.39. The van der Waals surface area contributed by atoms with Crippen LogP contribution >= 0.6 is 0 Å². The van der Waals surface area contributed by atoms with Gasteiger partial charge >= 0.3 is 11.9 Å². The van der Waals surface area contributed by atoms with E-state index in [4.69, 9.17) is 9.47 Å². The van der Waals surface area contributed by atoms with Crippen molar-refractivity contribution in [1.29, 1.82) is 0 Å². The summed E-state index contributed by atoms with van der Waals surface area (Å²) in [4.78, 5) is 31.0. The van der Waals surface area contributed by atoms with E-state index in [1.807, 2.05) is 0 Å². The smallest absolute Gasteiger partial charge is 0.339 e. The fraction of sp³-hybridized carbons (Fsp3) is 0.294. The van der Waals surface area contributed by atoms with Crippen LogP contribution in [0.25, 0.3) is 0 Å². The molecule has 0 spiro atoms. The van der Waals surface area contributed by atoms with Gasteiger partial charge < -0.3 is 9.47 Å². The number of aromatic nitrogens is 2. The lowest BCUT2D eigenvalue weighted by Crippen LogP contribution is -2.08. The van der Waals surface area contributed by atoms with Crippen molar-refractivity contribution < 1.29 is 19.1 Å². The molecule has 0 fully saturated rings. The molecule has 0 N–H and O–H groups in total. The minimum absolute atomic E-state index is 0.338. The second-order valence-electron chi connectivity index (χ2n) is 4.82. The highest BCUT2D eigenvalue weighted by Crippen LogP contribution is 2.04. The first-order chi connectivity index (χ1) is 11.3. The highest BCUT2D eigenvalue weighted by molar-refractivity contribution is 5.89. The molecule has 0 unspecified atom stereocenters. The van der Waals surface area contributed by atoms with Gasteiger partial charge in [0, 0.05) is 24.8 Å². The molecule has 0 saturated heterocycles. The molecule has 2 aromatic heterocycles. The quantitative estimate of drug-likeness (QED) is 0.550. The standard InChI is InChI=1S/C17H18N2O4/c20-16(14-6-4-8-18-12-14)22-10-2-1-3-11-23-17(21)15-7-5-9-19-13-15/h4-9,12-13H,1-3,10-11H2. The Morgan fingerprint density at radius 3 is 1.65 bits per heavy atom. The number of carbonyl (C=O) groups excluding carboxylic acids is 2. The second-order valence-corrected chi connectivity index (χ2v) is 4.82. The van der Waals surface area contributed by atoms with E-state index in [0.717, 1.165) is 19.3 Å². The summed E-state index contributed by atoms with van der Waals surface area (Å²) in [7, 11) is 0. The van der Waals surface area contributed by atoms with Gasteiger partial charge in [0.25, 0.3) is 0 Å². The average molecular weight is 314 g/mol. The number of hydrogen-bond acceptors (Lipinski definition) is 6. The molecule has 0 aliphatic carbocycles. The van der Waals surface area contributed by atoms with Gasteiger partial charge in [-0.25, -0.2) is 9.59 Å². The van der Waals surface area contributed by atoms with E-state index in [1.54, 1.807) is 36.7 Å². The van der Waals surface area contributed by atoms with Crippen LogP contribution in [-0.2, 0) is 9.47 Å². The van der Waals surface area contributed by atoms with Crippen LogP contribution in [0.3, 0.4) is 0 Å². The third-order valence-corrected chi connectivity index (χ3v) is 3.05. The van der Waals surface area contributed by atoms with E-state index in [1.165, 1.54) is 12.4 Å². The zero-order chi connectivity index (χ0) is 16.3. The van der Waals surface area contributed by atoms with Crippen LogP contribution in [0, 0.1) is 0 Å². The maximum atomic E-state index is 11.6. The van der Waals surface area contributed by atoms with Crippen LogP contribution < -0.4 is 0 Å². The minimum Gasteiger partial charge on any atom is -0.462 e. The Hall–Kier alpha value is -2.76. The Kier molecular flexibility index (Phi) is 6.71. The molecular weight excluding hydrogens is 296 g/mol. The maximum absolute atomic E-state index is 11.6. The maximum Gasteiger partial charge on any atom is 0.339 e. The van der Waals surface area contributed by atoms with Crippen molar-refractivity contribution in [2.24, 2.45) is 0 Å². The summed E-state index contributed by atoms with van der Waals surface area (Å²) in [6.45, 7) is 0.675. The molecule has 120 valence electrons. The zero-order valence-corrected chi connectivity index (χ0v) is 12.7. The van der Waals surface area contributed by atoms with Crippen molar-refractivity contribution in [3.8, 4) is 0 Å². The summed E-state index contributed by atoms with van der Waals surface area (Å²) in [5.41, 5.74) is 0.885. The summed E-state index contributed by atoms with van der Waals surface area (Å²) in [5.74, 6) is -0.748.